The van der Waals surface area contributed by atoms with Crippen LogP contribution in [0.1, 0.15) is 22.8 Å². The fourth-order valence-electron chi connectivity index (χ4n) is 2.29. The molecule has 8 nitrogen and oxygen atoms in total. The van der Waals surface area contributed by atoms with Crippen molar-refractivity contribution >= 4 is 29.2 Å². The smallest absolute Gasteiger partial charge is 0.338 e. The van der Waals surface area contributed by atoms with E-state index in [1.54, 1.807) is 49.4 Å². The van der Waals surface area contributed by atoms with Crippen molar-refractivity contribution in [3.8, 4) is 5.69 Å². The molecule has 27 heavy (non-hydrogen) atoms. The monoisotopic (exact) mass is 385 g/mol. The average molecular weight is 386 g/mol. The molecule has 0 spiro atoms. The lowest BCUT2D eigenvalue weighted by Gasteiger charge is -2.15. The van der Waals surface area contributed by atoms with Crippen LogP contribution >= 0.6 is 11.6 Å². The van der Waals surface area contributed by atoms with E-state index >= 15 is 0 Å². The van der Waals surface area contributed by atoms with Gasteiger partial charge >= 0.3 is 5.97 Å². The van der Waals surface area contributed by atoms with Crippen LogP contribution in [0.15, 0.2) is 48.8 Å². The number of aromatic nitrogens is 4. The van der Waals surface area contributed by atoms with Crippen molar-refractivity contribution in [3.05, 3.63) is 64.9 Å². The molecule has 1 heterocycles. The summed E-state index contributed by atoms with van der Waals surface area (Å²) in [5, 5.41) is 14.1. The molecule has 0 saturated carbocycles. The number of carbonyl (C=O) groups is 2. The molecule has 3 aromatic rings. The third-order valence-electron chi connectivity index (χ3n) is 3.90. The predicted octanol–water partition coefficient (Wildman–Crippen LogP) is 2.81. The second-order valence-corrected chi connectivity index (χ2v) is 6.16. The van der Waals surface area contributed by atoms with E-state index in [4.69, 9.17) is 16.3 Å². The summed E-state index contributed by atoms with van der Waals surface area (Å²) in [6, 6.07) is 11.7. The molecule has 0 aliphatic heterocycles. The van der Waals surface area contributed by atoms with E-state index < -0.39 is 18.0 Å². The van der Waals surface area contributed by atoms with Crippen LogP contribution in [-0.4, -0.2) is 38.2 Å². The standard InChI is InChI=1S/C18H16ClN5O3/c1-11-15(19)4-3-5-16(11)21-17(25)12(2)27-18(26)13-6-8-14(9-7-13)24-10-20-22-23-24/h3-10,12H,1-2H3,(H,21,25)/t12-/m1/s1. The molecular weight excluding hydrogens is 370 g/mol. The normalized spacial score (nSPS) is 11.7. The number of benzene rings is 2. The van der Waals surface area contributed by atoms with Gasteiger partial charge in [0.1, 0.15) is 6.33 Å². The molecule has 2 aromatic carbocycles. The molecular formula is C18H16ClN5O3. The lowest BCUT2D eigenvalue weighted by atomic mass is 10.2. The molecule has 0 bridgehead atoms. The third-order valence-corrected chi connectivity index (χ3v) is 4.30. The Morgan fingerprint density at radius 3 is 2.59 bits per heavy atom. The van der Waals surface area contributed by atoms with Gasteiger partial charge in [-0.1, -0.05) is 17.7 Å². The molecule has 0 unspecified atom stereocenters. The summed E-state index contributed by atoms with van der Waals surface area (Å²) in [6.45, 7) is 3.30. The summed E-state index contributed by atoms with van der Waals surface area (Å²) in [5.74, 6) is -1.05. The van der Waals surface area contributed by atoms with Crippen molar-refractivity contribution in [1.82, 2.24) is 20.2 Å². The number of amides is 1. The Kier molecular flexibility index (Phi) is 5.46. The number of ether oxygens (including phenoxy) is 1. The van der Waals surface area contributed by atoms with Crippen molar-refractivity contribution in [2.75, 3.05) is 5.32 Å². The molecule has 138 valence electrons. The zero-order valence-corrected chi connectivity index (χ0v) is 15.3. The van der Waals surface area contributed by atoms with Crippen LogP contribution in [0.25, 0.3) is 5.69 Å². The van der Waals surface area contributed by atoms with Gasteiger partial charge in [-0.25, -0.2) is 9.48 Å². The van der Waals surface area contributed by atoms with Gasteiger partial charge in [-0.15, -0.1) is 5.10 Å². The van der Waals surface area contributed by atoms with Crippen LogP contribution in [0.2, 0.25) is 5.02 Å². The maximum Gasteiger partial charge on any atom is 0.338 e. The highest BCUT2D eigenvalue weighted by atomic mass is 35.5. The Labute approximate surface area is 160 Å². The Bertz CT molecular complexity index is 958. The second-order valence-electron chi connectivity index (χ2n) is 5.75. The van der Waals surface area contributed by atoms with Crippen molar-refractivity contribution < 1.29 is 14.3 Å². The van der Waals surface area contributed by atoms with Gasteiger partial charge in [-0.2, -0.15) is 0 Å². The van der Waals surface area contributed by atoms with E-state index in [1.807, 2.05) is 0 Å². The molecule has 0 aliphatic carbocycles. The largest absolute Gasteiger partial charge is 0.449 e. The van der Waals surface area contributed by atoms with Gasteiger partial charge in [0.05, 0.1) is 11.3 Å². The van der Waals surface area contributed by atoms with Crippen molar-refractivity contribution in [3.63, 3.8) is 0 Å². The Balaban J connectivity index is 1.63. The molecule has 9 heteroatoms. The molecule has 3 rings (SSSR count). The van der Waals surface area contributed by atoms with Gasteiger partial charge in [0.2, 0.25) is 0 Å². The number of tetrazole rings is 1. The maximum atomic E-state index is 12.3. The Morgan fingerprint density at radius 1 is 1.19 bits per heavy atom. The van der Waals surface area contributed by atoms with Gasteiger partial charge in [0, 0.05) is 10.7 Å². The molecule has 0 aliphatic rings. The van der Waals surface area contributed by atoms with Crippen molar-refractivity contribution in [2.45, 2.75) is 20.0 Å². The fourth-order valence-corrected chi connectivity index (χ4v) is 2.46. The van der Waals surface area contributed by atoms with Gasteiger partial charge in [-0.3, -0.25) is 4.79 Å². The SMILES string of the molecule is Cc1c(Cl)cccc1NC(=O)[C@@H](C)OC(=O)c1ccc(-n2cnnn2)cc1. The summed E-state index contributed by atoms with van der Waals surface area (Å²) in [5.41, 5.74) is 2.31. The molecule has 1 atom stereocenters. The van der Waals surface area contributed by atoms with Crippen LogP contribution in [0, 0.1) is 6.92 Å². The molecule has 0 saturated heterocycles. The minimum atomic E-state index is -0.977. The van der Waals surface area contributed by atoms with E-state index in [2.05, 4.69) is 20.8 Å². The Morgan fingerprint density at radius 2 is 1.93 bits per heavy atom. The highest BCUT2D eigenvalue weighted by molar-refractivity contribution is 6.31. The fraction of sp³-hybridized carbons (Fsp3) is 0.167. The van der Waals surface area contributed by atoms with Crippen molar-refractivity contribution in [2.24, 2.45) is 0 Å². The number of nitrogens with one attached hydrogen (secondary N) is 1. The summed E-state index contributed by atoms with van der Waals surface area (Å²) >= 11 is 6.04. The topological polar surface area (TPSA) is 99.0 Å². The van der Waals surface area contributed by atoms with E-state index in [0.717, 1.165) is 5.56 Å². The molecule has 1 amide bonds. The molecule has 0 radical (unpaired) electrons. The molecule has 0 fully saturated rings. The van der Waals surface area contributed by atoms with E-state index in [9.17, 15) is 9.59 Å². The van der Waals surface area contributed by atoms with E-state index in [1.165, 1.54) is 17.9 Å². The minimum absolute atomic E-state index is 0.311. The number of nitrogens with zero attached hydrogens (tertiary/aromatic N) is 4. The van der Waals surface area contributed by atoms with Gasteiger partial charge in [0.25, 0.3) is 5.91 Å². The van der Waals surface area contributed by atoms with Crippen LogP contribution in [0.3, 0.4) is 0 Å². The summed E-state index contributed by atoms with van der Waals surface area (Å²) < 4.78 is 6.70. The number of anilines is 1. The highest BCUT2D eigenvalue weighted by Gasteiger charge is 2.20. The van der Waals surface area contributed by atoms with Gasteiger partial charge in [-0.05, 0) is 66.2 Å². The van der Waals surface area contributed by atoms with Crippen LogP contribution in [0.5, 0.6) is 0 Å². The number of esters is 1. The summed E-state index contributed by atoms with van der Waals surface area (Å²) in [6.07, 6.45) is 0.465. The summed E-state index contributed by atoms with van der Waals surface area (Å²) in [7, 11) is 0. The average Bonchev–Trinajstić information content (AvgIpc) is 3.20. The first-order valence-electron chi connectivity index (χ1n) is 8.06. The number of rotatable bonds is 5. The zero-order valence-electron chi connectivity index (χ0n) is 14.6. The first kappa shape index (κ1) is 18.5. The zero-order chi connectivity index (χ0) is 19.4. The second kappa shape index (κ2) is 7.96. The quantitative estimate of drug-likeness (QED) is 0.678. The first-order chi connectivity index (χ1) is 13.0. The Hall–Kier alpha value is -3.26. The molecule has 1 N–H and O–H groups in total. The third kappa shape index (κ3) is 4.29. The minimum Gasteiger partial charge on any atom is -0.449 e. The maximum absolute atomic E-state index is 12.3. The first-order valence-corrected chi connectivity index (χ1v) is 8.44. The molecule has 1 aromatic heterocycles. The van der Waals surface area contributed by atoms with Crippen molar-refractivity contribution in [1.29, 1.82) is 0 Å². The van der Waals surface area contributed by atoms with Gasteiger partial charge in [0.15, 0.2) is 6.10 Å². The van der Waals surface area contributed by atoms with Crippen LogP contribution in [0.4, 0.5) is 5.69 Å². The number of hydrogen-bond acceptors (Lipinski definition) is 6. The lowest BCUT2D eigenvalue weighted by molar-refractivity contribution is -0.123. The van der Waals surface area contributed by atoms with Crippen LogP contribution < -0.4 is 5.32 Å². The lowest BCUT2D eigenvalue weighted by Crippen LogP contribution is -2.30. The number of halogens is 1. The van der Waals surface area contributed by atoms with E-state index in [-0.39, 0.29) is 0 Å². The number of carbonyl (C=O) groups excluding carboxylic acids is 2. The summed E-state index contributed by atoms with van der Waals surface area (Å²) in [4.78, 5) is 24.6. The van der Waals surface area contributed by atoms with Gasteiger partial charge < -0.3 is 10.1 Å². The predicted molar refractivity (Wildman–Crippen MR) is 98.9 cm³/mol. The van der Waals surface area contributed by atoms with Crippen LogP contribution in [-0.2, 0) is 9.53 Å². The number of hydrogen-bond donors (Lipinski definition) is 1. The highest BCUT2D eigenvalue weighted by Crippen LogP contribution is 2.23. The van der Waals surface area contributed by atoms with E-state index in [0.29, 0.717) is 22.0 Å².